The van der Waals surface area contributed by atoms with Gasteiger partial charge in [-0.2, -0.15) is 0 Å². The van der Waals surface area contributed by atoms with Gasteiger partial charge in [0.25, 0.3) is 5.91 Å². The van der Waals surface area contributed by atoms with Crippen LogP contribution in [0.4, 0.5) is 0 Å². The molecule has 1 amide bonds. The lowest BCUT2D eigenvalue weighted by atomic mass is 10.3. The third-order valence-corrected chi connectivity index (χ3v) is 1.50. The van der Waals surface area contributed by atoms with Gasteiger partial charge in [-0.25, -0.2) is 9.97 Å². The highest BCUT2D eigenvalue weighted by molar-refractivity contribution is 5.93. The van der Waals surface area contributed by atoms with Gasteiger partial charge in [0.2, 0.25) is 6.41 Å². The van der Waals surface area contributed by atoms with Crippen LogP contribution in [0.25, 0.3) is 0 Å². The summed E-state index contributed by atoms with van der Waals surface area (Å²) in [5.41, 5.74) is 0.353. The summed E-state index contributed by atoms with van der Waals surface area (Å²) in [6, 6.07) is 0. The van der Waals surface area contributed by atoms with E-state index in [0.717, 1.165) is 0 Å². The van der Waals surface area contributed by atoms with E-state index in [0.29, 0.717) is 5.56 Å². The zero-order valence-corrected chi connectivity index (χ0v) is 7.93. The maximum Gasteiger partial charge on any atom is 0.258 e. The number of aromatic nitrogens is 2. The highest BCUT2D eigenvalue weighted by atomic mass is 16.7. The first-order chi connectivity index (χ1) is 6.77. The fourth-order valence-corrected chi connectivity index (χ4v) is 0.821. The van der Waals surface area contributed by atoms with Crippen LogP contribution in [0.1, 0.15) is 10.4 Å². The Bertz CT molecular complexity index is 287. The van der Waals surface area contributed by atoms with E-state index in [9.17, 15) is 4.79 Å². The molecule has 14 heavy (non-hydrogen) atoms. The Hall–Kier alpha value is -1.53. The fraction of sp³-hybridized carbons (Fsp3) is 0.375. The molecule has 0 fully saturated rings. The van der Waals surface area contributed by atoms with Gasteiger partial charge in [-0.15, -0.1) is 0 Å². The van der Waals surface area contributed by atoms with Gasteiger partial charge in [0.05, 0.1) is 5.56 Å². The summed E-state index contributed by atoms with van der Waals surface area (Å²) >= 11 is 0. The van der Waals surface area contributed by atoms with Gasteiger partial charge in [0, 0.05) is 26.6 Å². The summed E-state index contributed by atoms with van der Waals surface area (Å²) in [5, 5.41) is 2.47. The molecule has 0 aliphatic rings. The zero-order valence-electron chi connectivity index (χ0n) is 7.93. The Morgan fingerprint density at radius 3 is 2.43 bits per heavy atom. The number of hydrogen-bond donors (Lipinski definition) is 1. The van der Waals surface area contributed by atoms with Gasteiger partial charge in [0.1, 0.15) is 6.33 Å². The number of rotatable bonds is 4. The molecular formula is C8H11N3O3. The molecule has 1 aromatic heterocycles. The molecule has 0 bridgehead atoms. The van der Waals surface area contributed by atoms with Crippen LogP contribution in [0.3, 0.4) is 0 Å². The lowest BCUT2D eigenvalue weighted by molar-refractivity contribution is -0.115. The Labute approximate surface area is 81.3 Å². The molecule has 0 aliphatic carbocycles. The van der Waals surface area contributed by atoms with Gasteiger partial charge >= 0.3 is 0 Å². The maximum absolute atomic E-state index is 11.4. The minimum absolute atomic E-state index is 0.348. The van der Waals surface area contributed by atoms with E-state index in [1.807, 2.05) is 0 Å². The summed E-state index contributed by atoms with van der Waals surface area (Å²) < 4.78 is 9.59. The molecule has 0 aliphatic heterocycles. The van der Waals surface area contributed by atoms with Crippen molar-refractivity contribution in [1.82, 2.24) is 15.3 Å². The molecule has 1 N–H and O–H groups in total. The SMILES string of the molecule is COC(NC(=O)c1cncnc1)OC. The molecule has 1 rings (SSSR count). The first-order valence-corrected chi connectivity index (χ1v) is 3.89. The smallest absolute Gasteiger partial charge is 0.258 e. The van der Waals surface area contributed by atoms with Gasteiger partial charge in [-0.1, -0.05) is 0 Å². The molecule has 0 saturated heterocycles. The minimum Gasteiger partial charge on any atom is -0.339 e. The van der Waals surface area contributed by atoms with Crippen molar-refractivity contribution in [3.05, 3.63) is 24.3 Å². The zero-order chi connectivity index (χ0) is 10.4. The molecule has 0 radical (unpaired) electrons. The number of ether oxygens (including phenoxy) is 2. The number of nitrogens with zero attached hydrogens (tertiary/aromatic N) is 2. The summed E-state index contributed by atoms with van der Waals surface area (Å²) in [4.78, 5) is 18.8. The molecule has 0 saturated carbocycles. The third kappa shape index (κ3) is 2.75. The van der Waals surface area contributed by atoms with E-state index in [-0.39, 0.29) is 5.91 Å². The highest BCUT2D eigenvalue weighted by Gasteiger charge is 2.11. The standard InChI is InChI=1S/C8H11N3O3/c1-13-8(14-2)11-7(12)6-3-9-5-10-4-6/h3-5,8H,1-2H3,(H,11,12). The predicted molar refractivity (Wildman–Crippen MR) is 47.3 cm³/mol. The number of nitrogens with one attached hydrogen (secondary N) is 1. The summed E-state index contributed by atoms with van der Waals surface area (Å²) in [5.74, 6) is -0.348. The second kappa shape index (κ2) is 5.25. The molecule has 6 heteroatoms. The second-order valence-electron chi connectivity index (χ2n) is 2.40. The normalized spacial score (nSPS) is 10.2. The van der Waals surface area contributed by atoms with Crippen molar-refractivity contribution in [3.8, 4) is 0 Å². The lowest BCUT2D eigenvalue weighted by Crippen LogP contribution is -2.37. The first kappa shape index (κ1) is 10.6. The topological polar surface area (TPSA) is 73.3 Å². The second-order valence-corrected chi connectivity index (χ2v) is 2.40. The Kier molecular flexibility index (Phi) is 3.96. The number of carbonyl (C=O) groups excluding carboxylic acids is 1. The van der Waals surface area contributed by atoms with Crippen LogP contribution in [0.2, 0.25) is 0 Å². The molecule has 76 valence electrons. The van der Waals surface area contributed by atoms with Crippen molar-refractivity contribution in [2.75, 3.05) is 14.2 Å². The molecule has 0 unspecified atom stereocenters. The van der Waals surface area contributed by atoms with Crippen LogP contribution in [-0.4, -0.2) is 36.5 Å². The van der Waals surface area contributed by atoms with Gasteiger partial charge in [-0.05, 0) is 0 Å². The van der Waals surface area contributed by atoms with Crippen molar-refractivity contribution in [3.63, 3.8) is 0 Å². The summed E-state index contributed by atoms with van der Waals surface area (Å²) in [7, 11) is 2.85. The lowest BCUT2D eigenvalue weighted by Gasteiger charge is -2.14. The van der Waals surface area contributed by atoms with Crippen molar-refractivity contribution in [2.24, 2.45) is 0 Å². The van der Waals surface area contributed by atoms with Gasteiger partial charge in [-0.3, -0.25) is 4.79 Å². The molecule has 1 aromatic rings. The quantitative estimate of drug-likeness (QED) is 0.676. The van der Waals surface area contributed by atoms with E-state index in [4.69, 9.17) is 9.47 Å². The Balaban J connectivity index is 2.59. The van der Waals surface area contributed by atoms with Crippen molar-refractivity contribution < 1.29 is 14.3 Å². The molecule has 1 heterocycles. The largest absolute Gasteiger partial charge is 0.339 e. The monoisotopic (exact) mass is 197 g/mol. The van der Waals surface area contributed by atoms with E-state index in [1.165, 1.54) is 32.9 Å². The van der Waals surface area contributed by atoms with Crippen molar-refractivity contribution in [2.45, 2.75) is 6.41 Å². The highest BCUT2D eigenvalue weighted by Crippen LogP contribution is 1.94. The minimum atomic E-state index is -0.761. The number of methoxy groups -OCH3 is 2. The van der Waals surface area contributed by atoms with E-state index < -0.39 is 6.41 Å². The molecule has 6 nitrogen and oxygen atoms in total. The predicted octanol–water partition coefficient (Wildman–Crippen LogP) is -0.217. The van der Waals surface area contributed by atoms with E-state index >= 15 is 0 Å². The van der Waals surface area contributed by atoms with Crippen LogP contribution in [-0.2, 0) is 9.47 Å². The molecule has 0 atom stereocenters. The van der Waals surface area contributed by atoms with Crippen molar-refractivity contribution >= 4 is 5.91 Å². The van der Waals surface area contributed by atoms with Crippen LogP contribution in [0.15, 0.2) is 18.7 Å². The van der Waals surface area contributed by atoms with E-state index in [1.54, 1.807) is 0 Å². The van der Waals surface area contributed by atoms with Crippen LogP contribution in [0.5, 0.6) is 0 Å². The Morgan fingerprint density at radius 2 is 1.93 bits per heavy atom. The van der Waals surface area contributed by atoms with Crippen LogP contribution in [0, 0.1) is 0 Å². The summed E-state index contributed by atoms with van der Waals surface area (Å²) in [6.45, 7) is 0. The van der Waals surface area contributed by atoms with Crippen LogP contribution >= 0.6 is 0 Å². The molecule has 0 spiro atoms. The van der Waals surface area contributed by atoms with Crippen molar-refractivity contribution in [1.29, 1.82) is 0 Å². The number of hydrogen-bond acceptors (Lipinski definition) is 5. The summed E-state index contributed by atoms with van der Waals surface area (Å²) in [6.07, 6.45) is 3.40. The van der Waals surface area contributed by atoms with E-state index in [2.05, 4.69) is 15.3 Å². The average molecular weight is 197 g/mol. The van der Waals surface area contributed by atoms with Crippen LogP contribution < -0.4 is 5.32 Å². The maximum atomic E-state index is 11.4. The average Bonchev–Trinajstić information content (AvgIpc) is 2.26. The fourth-order valence-electron chi connectivity index (χ4n) is 0.821. The number of amides is 1. The Morgan fingerprint density at radius 1 is 1.36 bits per heavy atom. The molecule has 0 aromatic carbocycles. The van der Waals surface area contributed by atoms with Gasteiger partial charge in [0.15, 0.2) is 0 Å². The van der Waals surface area contributed by atoms with Gasteiger partial charge < -0.3 is 14.8 Å². The number of carbonyl (C=O) groups is 1. The third-order valence-electron chi connectivity index (χ3n) is 1.50. The first-order valence-electron chi connectivity index (χ1n) is 3.89. The molecular weight excluding hydrogens is 186 g/mol.